The first kappa shape index (κ1) is 18.6. The molecular weight excluding hydrogens is 378 g/mol. The minimum Gasteiger partial charge on any atom is -0.497 e. The van der Waals surface area contributed by atoms with Crippen molar-refractivity contribution in [1.82, 2.24) is 9.97 Å². The Morgan fingerprint density at radius 1 is 1.21 bits per heavy atom. The zero-order valence-corrected chi connectivity index (χ0v) is 16.6. The molecule has 0 saturated carbocycles. The molecule has 0 atom stereocenters. The summed E-state index contributed by atoms with van der Waals surface area (Å²) >= 11 is 1.47. The molecule has 1 saturated heterocycles. The van der Waals surface area contributed by atoms with Crippen molar-refractivity contribution in [1.29, 1.82) is 0 Å². The van der Waals surface area contributed by atoms with Crippen LogP contribution < -0.4 is 9.64 Å². The number of aromatic nitrogens is 2. The van der Waals surface area contributed by atoms with Crippen LogP contribution in [0.3, 0.4) is 0 Å². The van der Waals surface area contributed by atoms with E-state index in [2.05, 4.69) is 4.90 Å². The van der Waals surface area contributed by atoms with Crippen LogP contribution in [-0.2, 0) is 9.47 Å². The lowest BCUT2D eigenvalue weighted by molar-refractivity contribution is 0.0529. The average molecular weight is 399 g/mol. The number of methoxy groups -OCH3 is 1. The standard InChI is InChI=1S/C20H21N3O4S/c1-3-27-19(24)15-12-16(13-4-6-14(25-2)7-5-13)21-18-17(15)28-20(22-18)23-8-10-26-11-9-23/h4-7,12H,3,8-11H2,1-2H3. The lowest BCUT2D eigenvalue weighted by Gasteiger charge is -2.25. The molecule has 1 aliphatic heterocycles. The van der Waals surface area contributed by atoms with E-state index in [0.29, 0.717) is 36.7 Å². The Balaban J connectivity index is 1.80. The third-order valence-corrected chi connectivity index (χ3v) is 5.65. The summed E-state index contributed by atoms with van der Waals surface area (Å²) in [4.78, 5) is 24.2. The third kappa shape index (κ3) is 3.65. The molecule has 8 heteroatoms. The third-order valence-electron chi connectivity index (χ3n) is 4.51. The second kappa shape index (κ2) is 8.12. The molecule has 1 aliphatic rings. The predicted molar refractivity (Wildman–Crippen MR) is 108 cm³/mol. The number of thiazole rings is 1. The number of anilines is 1. The molecule has 1 fully saturated rings. The number of hydrogen-bond donors (Lipinski definition) is 0. The van der Waals surface area contributed by atoms with Crippen LogP contribution in [0.4, 0.5) is 5.13 Å². The number of nitrogens with zero attached hydrogens (tertiary/aromatic N) is 3. The average Bonchev–Trinajstić information content (AvgIpc) is 3.18. The smallest absolute Gasteiger partial charge is 0.339 e. The van der Waals surface area contributed by atoms with E-state index in [-0.39, 0.29) is 5.97 Å². The highest BCUT2D eigenvalue weighted by Gasteiger charge is 2.22. The number of morpholine rings is 1. The molecule has 3 aromatic rings. The van der Waals surface area contributed by atoms with E-state index in [1.165, 1.54) is 11.3 Å². The summed E-state index contributed by atoms with van der Waals surface area (Å²) in [6, 6.07) is 9.34. The van der Waals surface area contributed by atoms with Gasteiger partial charge in [-0.05, 0) is 37.3 Å². The van der Waals surface area contributed by atoms with E-state index in [4.69, 9.17) is 24.2 Å². The Labute approximate surface area is 166 Å². The van der Waals surface area contributed by atoms with E-state index in [1.807, 2.05) is 24.3 Å². The van der Waals surface area contributed by atoms with Crippen LogP contribution >= 0.6 is 11.3 Å². The number of pyridine rings is 1. The van der Waals surface area contributed by atoms with Crippen molar-refractivity contribution in [2.45, 2.75) is 6.92 Å². The monoisotopic (exact) mass is 399 g/mol. The Kier molecular flexibility index (Phi) is 5.40. The van der Waals surface area contributed by atoms with Gasteiger partial charge in [-0.3, -0.25) is 0 Å². The zero-order chi connectivity index (χ0) is 19.5. The van der Waals surface area contributed by atoms with Gasteiger partial charge in [0, 0.05) is 18.7 Å². The first-order valence-electron chi connectivity index (χ1n) is 9.15. The number of carbonyl (C=O) groups excluding carboxylic acids is 1. The van der Waals surface area contributed by atoms with Crippen molar-refractivity contribution >= 4 is 32.8 Å². The Bertz CT molecular complexity index is 981. The van der Waals surface area contributed by atoms with E-state index in [9.17, 15) is 4.79 Å². The molecule has 2 aromatic heterocycles. The minimum absolute atomic E-state index is 0.315. The fourth-order valence-electron chi connectivity index (χ4n) is 3.06. The summed E-state index contributed by atoms with van der Waals surface area (Å²) in [5.74, 6) is 0.403. The Hall–Kier alpha value is -2.71. The van der Waals surface area contributed by atoms with Crippen LogP contribution in [0, 0.1) is 0 Å². The number of fused-ring (bicyclic) bond motifs is 1. The van der Waals surface area contributed by atoms with E-state index >= 15 is 0 Å². The van der Waals surface area contributed by atoms with Gasteiger partial charge >= 0.3 is 5.97 Å². The molecule has 146 valence electrons. The quantitative estimate of drug-likeness (QED) is 0.609. The van der Waals surface area contributed by atoms with Crippen LogP contribution in [0.15, 0.2) is 30.3 Å². The van der Waals surface area contributed by atoms with Crippen molar-refractivity contribution in [2.24, 2.45) is 0 Å². The van der Waals surface area contributed by atoms with Crippen LogP contribution in [0.25, 0.3) is 21.6 Å². The normalized spacial score (nSPS) is 14.3. The topological polar surface area (TPSA) is 73.8 Å². The van der Waals surface area contributed by atoms with Gasteiger partial charge in [0.2, 0.25) is 0 Å². The van der Waals surface area contributed by atoms with Crippen molar-refractivity contribution in [3.63, 3.8) is 0 Å². The second-order valence-corrected chi connectivity index (χ2v) is 7.23. The number of hydrogen-bond acceptors (Lipinski definition) is 8. The molecule has 0 unspecified atom stereocenters. The minimum atomic E-state index is -0.359. The summed E-state index contributed by atoms with van der Waals surface area (Å²) in [6.45, 7) is 5.01. The molecule has 3 heterocycles. The Morgan fingerprint density at radius 3 is 2.64 bits per heavy atom. The van der Waals surface area contributed by atoms with E-state index in [1.54, 1.807) is 20.1 Å². The van der Waals surface area contributed by atoms with Crippen molar-refractivity contribution in [3.05, 3.63) is 35.9 Å². The molecule has 0 aliphatic carbocycles. The van der Waals surface area contributed by atoms with Crippen molar-refractivity contribution in [2.75, 3.05) is 44.9 Å². The van der Waals surface area contributed by atoms with E-state index < -0.39 is 0 Å². The number of carbonyl (C=O) groups is 1. The number of benzene rings is 1. The van der Waals surface area contributed by atoms with Gasteiger partial charge in [0.15, 0.2) is 10.8 Å². The van der Waals surface area contributed by atoms with Crippen molar-refractivity contribution < 1.29 is 19.0 Å². The maximum Gasteiger partial charge on any atom is 0.339 e. The zero-order valence-electron chi connectivity index (χ0n) is 15.8. The van der Waals surface area contributed by atoms with Crippen LogP contribution in [0.1, 0.15) is 17.3 Å². The molecule has 0 amide bonds. The molecule has 1 aromatic carbocycles. The summed E-state index contributed by atoms with van der Waals surface area (Å²) in [5.41, 5.74) is 2.61. The first-order chi connectivity index (χ1) is 13.7. The summed E-state index contributed by atoms with van der Waals surface area (Å²) in [6.07, 6.45) is 0. The van der Waals surface area contributed by atoms with E-state index in [0.717, 1.165) is 34.2 Å². The van der Waals surface area contributed by atoms with Gasteiger partial charge in [0.25, 0.3) is 0 Å². The van der Waals surface area contributed by atoms with Gasteiger partial charge in [-0.1, -0.05) is 11.3 Å². The molecule has 4 rings (SSSR count). The van der Waals surface area contributed by atoms with Gasteiger partial charge in [0.1, 0.15) is 5.75 Å². The van der Waals surface area contributed by atoms with Gasteiger partial charge in [-0.2, -0.15) is 4.98 Å². The number of ether oxygens (including phenoxy) is 3. The molecule has 0 spiro atoms. The van der Waals surface area contributed by atoms with Crippen molar-refractivity contribution in [3.8, 4) is 17.0 Å². The highest BCUT2D eigenvalue weighted by atomic mass is 32.1. The number of esters is 1. The van der Waals surface area contributed by atoms with Gasteiger partial charge < -0.3 is 19.1 Å². The molecule has 7 nitrogen and oxygen atoms in total. The summed E-state index contributed by atoms with van der Waals surface area (Å²) < 4.78 is 16.7. The van der Waals surface area contributed by atoms with Crippen LogP contribution in [0.2, 0.25) is 0 Å². The lowest BCUT2D eigenvalue weighted by atomic mass is 10.1. The maximum atomic E-state index is 12.6. The first-order valence-corrected chi connectivity index (χ1v) is 9.97. The highest BCUT2D eigenvalue weighted by molar-refractivity contribution is 7.22. The van der Waals surface area contributed by atoms with Gasteiger partial charge in [-0.25, -0.2) is 9.78 Å². The molecule has 0 radical (unpaired) electrons. The SMILES string of the molecule is CCOC(=O)c1cc(-c2ccc(OC)cc2)nc2nc(N3CCOCC3)sc12. The maximum absolute atomic E-state index is 12.6. The second-order valence-electron chi connectivity index (χ2n) is 6.25. The molecule has 0 N–H and O–H groups in total. The molecule has 28 heavy (non-hydrogen) atoms. The molecule has 0 bridgehead atoms. The van der Waals surface area contributed by atoms with Crippen LogP contribution in [0.5, 0.6) is 5.75 Å². The lowest BCUT2D eigenvalue weighted by Crippen LogP contribution is -2.36. The highest BCUT2D eigenvalue weighted by Crippen LogP contribution is 2.34. The summed E-state index contributed by atoms with van der Waals surface area (Å²) in [7, 11) is 1.63. The van der Waals surface area contributed by atoms with Gasteiger partial charge in [0.05, 0.1) is 42.9 Å². The largest absolute Gasteiger partial charge is 0.497 e. The predicted octanol–water partition coefficient (Wildman–Crippen LogP) is 3.38. The fourth-order valence-corrected chi connectivity index (χ4v) is 4.12. The molecular formula is C20H21N3O4S. The summed E-state index contributed by atoms with van der Waals surface area (Å²) in [5, 5.41) is 0.850. The van der Waals surface area contributed by atoms with Crippen LogP contribution in [-0.4, -0.2) is 56.0 Å². The number of rotatable bonds is 5. The van der Waals surface area contributed by atoms with Gasteiger partial charge in [-0.15, -0.1) is 0 Å². The Morgan fingerprint density at radius 2 is 1.96 bits per heavy atom. The fraction of sp³-hybridized carbons (Fsp3) is 0.350.